The molecule has 0 bridgehead atoms. The van der Waals surface area contributed by atoms with E-state index in [4.69, 9.17) is 4.42 Å². The van der Waals surface area contributed by atoms with Gasteiger partial charge in [0, 0.05) is 5.92 Å². The number of aromatic nitrogens is 2. The van der Waals surface area contributed by atoms with Crippen LogP contribution in [-0.4, -0.2) is 29.0 Å². The van der Waals surface area contributed by atoms with Crippen molar-refractivity contribution in [3.8, 4) is 0 Å². The molecule has 1 aromatic rings. The Labute approximate surface area is 104 Å². The van der Waals surface area contributed by atoms with Crippen molar-refractivity contribution >= 4 is 17.7 Å². The fourth-order valence-corrected chi connectivity index (χ4v) is 2.57. The van der Waals surface area contributed by atoms with Crippen molar-refractivity contribution in [2.75, 3.05) is 12.9 Å². The Morgan fingerprint density at radius 1 is 1.41 bits per heavy atom. The van der Waals surface area contributed by atoms with Gasteiger partial charge in [0.05, 0.1) is 7.11 Å². The minimum absolute atomic E-state index is 0.211. The number of nitrogens with zero attached hydrogens (tertiary/aromatic N) is 2. The van der Waals surface area contributed by atoms with Crippen LogP contribution in [0.15, 0.2) is 9.64 Å². The Balaban J connectivity index is 1.88. The number of ether oxygens (including phenoxy) is 1. The molecule has 0 spiro atoms. The molecular formula is C11H16N2O3S. The highest BCUT2D eigenvalue weighted by Crippen LogP contribution is 2.32. The Bertz CT molecular complexity index is 375. The van der Waals surface area contributed by atoms with Gasteiger partial charge < -0.3 is 9.15 Å². The van der Waals surface area contributed by atoms with Crippen LogP contribution >= 0.6 is 11.8 Å². The van der Waals surface area contributed by atoms with E-state index in [1.165, 1.54) is 38.1 Å². The van der Waals surface area contributed by atoms with E-state index in [0.29, 0.717) is 11.1 Å². The van der Waals surface area contributed by atoms with Gasteiger partial charge in [0.2, 0.25) is 5.89 Å². The van der Waals surface area contributed by atoms with E-state index in [2.05, 4.69) is 14.9 Å². The van der Waals surface area contributed by atoms with Crippen molar-refractivity contribution in [3.05, 3.63) is 5.89 Å². The van der Waals surface area contributed by atoms with Crippen molar-refractivity contribution in [1.29, 1.82) is 0 Å². The summed E-state index contributed by atoms with van der Waals surface area (Å²) in [6, 6.07) is 0. The lowest BCUT2D eigenvalue weighted by Crippen LogP contribution is -2.04. The summed E-state index contributed by atoms with van der Waals surface area (Å²) in [7, 11) is 1.37. The fourth-order valence-electron chi connectivity index (χ4n) is 1.97. The molecule has 0 radical (unpaired) electrons. The predicted molar refractivity (Wildman–Crippen MR) is 62.9 cm³/mol. The molecule has 1 aromatic heterocycles. The van der Waals surface area contributed by atoms with Gasteiger partial charge >= 0.3 is 5.97 Å². The lowest BCUT2D eigenvalue weighted by atomic mass is 9.89. The molecule has 1 saturated carbocycles. The molecule has 0 unspecified atom stereocenters. The normalized spacial score (nSPS) is 17.0. The maximum absolute atomic E-state index is 11.0. The van der Waals surface area contributed by atoms with Gasteiger partial charge in [-0.3, -0.25) is 4.79 Å². The first-order chi connectivity index (χ1) is 8.29. The Kier molecular flexibility index (Phi) is 4.42. The van der Waals surface area contributed by atoms with Gasteiger partial charge in [-0.1, -0.05) is 31.0 Å². The Hall–Kier alpha value is -1.04. The van der Waals surface area contributed by atoms with Gasteiger partial charge in [-0.2, -0.15) is 0 Å². The zero-order valence-corrected chi connectivity index (χ0v) is 10.7. The second-order valence-electron chi connectivity index (χ2n) is 4.11. The first-order valence-electron chi connectivity index (χ1n) is 5.82. The SMILES string of the molecule is COC(=O)CSc1nnc(C2CCCCC2)o1. The van der Waals surface area contributed by atoms with E-state index in [-0.39, 0.29) is 11.7 Å². The van der Waals surface area contributed by atoms with Crippen LogP contribution < -0.4 is 0 Å². The van der Waals surface area contributed by atoms with Crippen LogP contribution in [0.5, 0.6) is 0 Å². The van der Waals surface area contributed by atoms with Crippen molar-refractivity contribution in [2.45, 2.75) is 43.2 Å². The fraction of sp³-hybridized carbons (Fsp3) is 0.727. The van der Waals surface area contributed by atoms with Crippen LogP contribution in [0.4, 0.5) is 0 Å². The van der Waals surface area contributed by atoms with Gasteiger partial charge in [-0.15, -0.1) is 10.2 Å². The Morgan fingerprint density at radius 2 is 2.18 bits per heavy atom. The highest BCUT2D eigenvalue weighted by Gasteiger charge is 2.21. The topological polar surface area (TPSA) is 65.2 Å². The first kappa shape index (κ1) is 12.4. The first-order valence-corrected chi connectivity index (χ1v) is 6.81. The maximum atomic E-state index is 11.0. The molecule has 1 aliphatic rings. The van der Waals surface area contributed by atoms with Gasteiger partial charge in [0.25, 0.3) is 5.22 Å². The van der Waals surface area contributed by atoms with E-state index in [1.807, 2.05) is 0 Å². The molecule has 0 amide bonds. The minimum Gasteiger partial charge on any atom is -0.468 e. The molecule has 2 rings (SSSR count). The molecule has 94 valence electrons. The molecule has 6 heteroatoms. The smallest absolute Gasteiger partial charge is 0.316 e. The standard InChI is InChI=1S/C11H16N2O3S/c1-15-9(14)7-17-11-13-12-10(16-11)8-5-3-2-4-6-8/h8H,2-7H2,1H3. The van der Waals surface area contributed by atoms with Crippen molar-refractivity contribution in [3.63, 3.8) is 0 Å². The van der Waals surface area contributed by atoms with Crippen molar-refractivity contribution in [1.82, 2.24) is 10.2 Å². The van der Waals surface area contributed by atoms with E-state index in [9.17, 15) is 4.79 Å². The summed E-state index contributed by atoms with van der Waals surface area (Å²) in [4.78, 5) is 11.0. The summed E-state index contributed by atoms with van der Waals surface area (Å²) in [6.07, 6.45) is 6.02. The average molecular weight is 256 g/mol. The molecule has 1 aliphatic carbocycles. The van der Waals surface area contributed by atoms with E-state index < -0.39 is 0 Å². The van der Waals surface area contributed by atoms with Gasteiger partial charge in [-0.05, 0) is 12.8 Å². The third kappa shape index (κ3) is 3.46. The van der Waals surface area contributed by atoms with Crippen LogP contribution in [0.1, 0.15) is 43.9 Å². The number of rotatable bonds is 4. The molecule has 0 atom stereocenters. The number of hydrogen-bond acceptors (Lipinski definition) is 6. The van der Waals surface area contributed by atoms with E-state index in [1.54, 1.807) is 0 Å². The van der Waals surface area contributed by atoms with E-state index >= 15 is 0 Å². The molecule has 1 heterocycles. The predicted octanol–water partition coefficient (Wildman–Crippen LogP) is 2.38. The lowest BCUT2D eigenvalue weighted by molar-refractivity contribution is -0.137. The number of carbonyl (C=O) groups is 1. The highest BCUT2D eigenvalue weighted by atomic mass is 32.2. The average Bonchev–Trinajstić information content (AvgIpc) is 2.86. The number of carbonyl (C=O) groups excluding carboxylic acids is 1. The van der Waals surface area contributed by atoms with E-state index in [0.717, 1.165) is 18.7 Å². The maximum Gasteiger partial charge on any atom is 0.316 e. The summed E-state index contributed by atoms with van der Waals surface area (Å²) in [5.74, 6) is 1.05. The number of methoxy groups -OCH3 is 1. The van der Waals surface area contributed by atoms with Crippen molar-refractivity contribution < 1.29 is 13.9 Å². The monoisotopic (exact) mass is 256 g/mol. The molecule has 0 N–H and O–H groups in total. The quantitative estimate of drug-likeness (QED) is 0.608. The third-order valence-electron chi connectivity index (χ3n) is 2.92. The summed E-state index contributed by atoms with van der Waals surface area (Å²) >= 11 is 1.22. The summed E-state index contributed by atoms with van der Waals surface area (Å²) in [6.45, 7) is 0. The summed E-state index contributed by atoms with van der Waals surface area (Å²) in [5.41, 5.74) is 0. The zero-order chi connectivity index (χ0) is 12.1. The summed E-state index contributed by atoms with van der Waals surface area (Å²) < 4.78 is 10.1. The van der Waals surface area contributed by atoms with Gasteiger partial charge in [0.15, 0.2) is 0 Å². The van der Waals surface area contributed by atoms with Crippen LogP contribution in [0.3, 0.4) is 0 Å². The van der Waals surface area contributed by atoms with Crippen LogP contribution in [-0.2, 0) is 9.53 Å². The lowest BCUT2D eigenvalue weighted by Gasteiger charge is -2.17. The molecule has 0 saturated heterocycles. The molecule has 0 aromatic carbocycles. The summed E-state index contributed by atoms with van der Waals surface area (Å²) in [5, 5.41) is 8.44. The molecule has 5 nitrogen and oxygen atoms in total. The van der Waals surface area contributed by atoms with Crippen molar-refractivity contribution in [2.24, 2.45) is 0 Å². The van der Waals surface area contributed by atoms with Gasteiger partial charge in [0.1, 0.15) is 5.75 Å². The zero-order valence-electron chi connectivity index (χ0n) is 9.85. The largest absolute Gasteiger partial charge is 0.468 e. The minimum atomic E-state index is -0.285. The van der Waals surface area contributed by atoms with Crippen LogP contribution in [0.2, 0.25) is 0 Å². The van der Waals surface area contributed by atoms with Crippen LogP contribution in [0, 0.1) is 0 Å². The van der Waals surface area contributed by atoms with Crippen LogP contribution in [0.25, 0.3) is 0 Å². The number of esters is 1. The second kappa shape index (κ2) is 6.05. The number of thioether (sulfide) groups is 1. The molecule has 1 fully saturated rings. The molecule has 0 aliphatic heterocycles. The second-order valence-corrected chi connectivity index (χ2v) is 5.03. The highest BCUT2D eigenvalue weighted by molar-refractivity contribution is 7.99. The number of hydrogen-bond donors (Lipinski definition) is 0. The Morgan fingerprint density at radius 3 is 2.88 bits per heavy atom. The molecule has 17 heavy (non-hydrogen) atoms. The van der Waals surface area contributed by atoms with Gasteiger partial charge in [-0.25, -0.2) is 0 Å². The molecular weight excluding hydrogens is 240 g/mol. The third-order valence-corrected chi connectivity index (χ3v) is 3.71.